The van der Waals surface area contributed by atoms with Crippen molar-refractivity contribution in [3.05, 3.63) is 82.0 Å². The molecule has 1 aromatic heterocycles. The Hall–Kier alpha value is -3.48. The largest absolute Gasteiger partial charge is 0.352 e. The summed E-state index contributed by atoms with van der Waals surface area (Å²) in [4.78, 5) is 42.0. The summed E-state index contributed by atoms with van der Waals surface area (Å²) in [5.41, 5.74) is 1.08. The lowest BCUT2D eigenvalue weighted by atomic mass is 9.93. The predicted molar refractivity (Wildman–Crippen MR) is 116 cm³/mol. The van der Waals surface area contributed by atoms with E-state index in [0.29, 0.717) is 42.4 Å². The molecule has 2 heterocycles. The maximum Gasteiger partial charge on any atom is 0.255 e. The molecule has 1 aliphatic rings. The van der Waals surface area contributed by atoms with Gasteiger partial charge in [0, 0.05) is 43.0 Å². The number of benzene rings is 2. The number of aromatic amines is 1. The highest BCUT2D eigenvalue weighted by Crippen LogP contribution is 2.23. The molecule has 0 aliphatic carbocycles. The van der Waals surface area contributed by atoms with Gasteiger partial charge in [0.25, 0.3) is 11.5 Å². The Kier molecular flexibility index (Phi) is 6.11. The van der Waals surface area contributed by atoms with Crippen LogP contribution in [0.5, 0.6) is 0 Å². The number of amides is 2. The molecule has 2 aromatic carbocycles. The molecule has 31 heavy (non-hydrogen) atoms. The SMILES string of the molecule is O=C(CC1CCCN(C(=O)c2c[nH]c(=O)c3ccccc23)C1)NCc1ccc(F)cc1. The van der Waals surface area contributed by atoms with Crippen LogP contribution in [0.4, 0.5) is 4.39 Å². The van der Waals surface area contributed by atoms with Gasteiger partial charge in [-0.05, 0) is 42.5 Å². The minimum absolute atomic E-state index is 0.0694. The summed E-state index contributed by atoms with van der Waals surface area (Å²) in [5, 5.41) is 3.99. The highest BCUT2D eigenvalue weighted by atomic mass is 19.1. The monoisotopic (exact) mass is 421 g/mol. The van der Waals surface area contributed by atoms with Crippen molar-refractivity contribution in [3.8, 4) is 0 Å². The van der Waals surface area contributed by atoms with Gasteiger partial charge in [-0.2, -0.15) is 0 Å². The number of likely N-dealkylation sites (tertiary alicyclic amines) is 1. The number of rotatable bonds is 5. The van der Waals surface area contributed by atoms with Crippen molar-refractivity contribution in [2.45, 2.75) is 25.8 Å². The number of hydrogen-bond acceptors (Lipinski definition) is 3. The topological polar surface area (TPSA) is 82.3 Å². The molecule has 1 aliphatic heterocycles. The van der Waals surface area contributed by atoms with Gasteiger partial charge < -0.3 is 15.2 Å². The number of carbonyl (C=O) groups excluding carboxylic acids is 2. The van der Waals surface area contributed by atoms with Gasteiger partial charge in [0.05, 0.1) is 5.56 Å². The summed E-state index contributed by atoms with van der Waals surface area (Å²) in [6, 6.07) is 13.1. The summed E-state index contributed by atoms with van der Waals surface area (Å²) < 4.78 is 13.0. The summed E-state index contributed by atoms with van der Waals surface area (Å²) in [6.07, 6.45) is 3.51. The first-order valence-corrected chi connectivity index (χ1v) is 10.4. The van der Waals surface area contributed by atoms with Crippen LogP contribution >= 0.6 is 0 Å². The fourth-order valence-electron chi connectivity index (χ4n) is 4.11. The molecule has 2 amide bonds. The van der Waals surface area contributed by atoms with E-state index in [2.05, 4.69) is 10.3 Å². The average molecular weight is 421 g/mol. The van der Waals surface area contributed by atoms with Crippen LogP contribution in [0, 0.1) is 11.7 Å². The predicted octanol–water partition coefficient (Wildman–Crippen LogP) is 3.23. The molecule has 3 aromatic rings. The summed E-state index contributed by atoms with van der Waals surface area (Å²) in [7, 11) is 0. The number of H-pyrrole nitrogens is 1. The van der Waals surface area contributed by atoms with Gasteiger partial charge in [-0.1, -0.05) is 30.3 Å². The number of pyridine rings is 1. The lowest BCUT2D eigenvalue weighted by Gasteiger charge is -2.32. The molecule has 0 spiro atoms. The number of nitrogens with zero attached hydrogens (tertiary/aromatic N) is 1. The molecule has 0 bridgehead atoms. The molecule has 0 saturated carbocycles. The third kappa shape index (κ3) is 4.82. The number of fused-ring (bicyclic) bond motifs is 1. The van der Waals surface area contributed by atoms with E-state index in [1.54, 1.807) is 35.2 Å². The van der Waals surface area contributed by atoms with E-state index in [1.165, 1.54) is 18.3 Å². The molecule has 7 heteroatoms. The maximum atomic E-state index is 13.2. The van der Waals surface area contributed by atoms with Gasteiger partial charge in [0.15, 0.2) is 0 Å². The van der Waals surface area contributed by atoms with Crippen molar-refractivity contribution in [1.82, 2.24) is 15.2 Å². The molecule has 160 valence electrons. The molecule has 1 unspecified atom stereocenters. The summed E-state index contributed by atoms with van der Waals surface area (Å²) >= 11 is 0. The Bertz CT molecular complexity index is 1160. The summed E-state index contributed by atoms with van der Waals surface area (Å²) in [6.45, 7) is 1.47. The Balaban J connectivity index is 1.39. The second-order valence-corrected chi connectivity index (χ2v) is 7.94. The number of hydrogen-bond donors (Lipinski definition) is 2. The van der Waals surface area contributed by atoms with E-state index >= 15 is 0 Å². The van der Waals surface area contributed by atoms with E-state index in [0.717, 1.165) is 18.4 Å². The standard InChI is InChI=1S/C24H24FN3O3/c25-18-9-7-16(8-10-18)13-26-22(29)12-17-4-3-11-28(15-17)24(31)21-14-27-23(30)20-6-2-1-5-19(20)21/h1-2,5-10,14,17H,3-4,11-13,15H2,(H,26,29)(H,27,30). The van der Waals surface area contributed by atoms with Crippen molar-refractivity contribution >= 4 is 22.6 Å². The number of carbonyl (C=O) groups is 2. The van der Waals surface area contributed by atoms with Crippen LogP contribution in [-0.2, 0) is 11.3 Å². The molecular weight excluding hydrogens is 397 g/mol. The van der Waals surface area contributed by atoms with E-state index in [1.807, 2.05) is 6.07 Å². The highest BCUT2D eigenvalue weighted by molar-refractivity contribution is 6.06. The first-order chi connectivity index (χ1) is 15.0. The lowest BCUT2D eigenvalue weighted by Crippen LogP contribution is -2.41. The molecule has 4 rings (SSSR count). The van der Waals surface area contributed by atoms with Crippen LogP contribution < -0.4 is 10.9 Å². The number of halogens is 1. The third-order valence-corrected chi connectivity index (χ3v) is 5.72. The quantitative estimate of drug-likeness (QED) is 0.664. The van der Waals surface area contributed by atoms with E-state index < -0.39 is 0 Å². The van der Waals surface area contributed by atoms with Crippen molar-refractivity contribution in [2.24, 2.45) is 5.92 Å². The second kappa shape index (κ2) is 9.12. The zero-order valence-corrected chi connectivity index (χ0v) is 17.1. The minimum atomic E-state index is -0.308. The molecule has 2 N–H and O–H groups in total. The van der Waals surface area contributed by atoms with Crippen molar-refractivity contribution < 1.29 is 14.0 Å². The molecule has 6 nitrogen and oxygen atoms in total. The number of nitrogens with one attached hydrogen (secondary N) is 2. The van der Waals surface area contributed by atoms with Gasteiger partial charge in [0.1, 0.15) is 5.82 Å². The van der Waals surface area contributed by atoms with Crippen LogP contribution in [0.3, 0.4) is 0 Å². The Morgan fingerprint density at radius 1 is 1.10 bits per heavy atom. The zero-order chi connectivity index (χ0) is 21.8. The van der Waals surface area contributed by atoms with Gasteiger partial charge >= 0.3 is 0 Å². The van der Waals surface area contributed by atoms with Gasteiger partial charge in [-0.15, -0.1) is 0 Å². The smallest absolute Gasteiger partial charge is 0.255 e. The van der Waals surface area contributed by atoms with Crippen LogP contribution in [0.15, 0.2) is 59.5 Å². The molecule has 1 saturated heterocycles. The Morgan fingerprint density at radius 2 is 1.84 bits per heavy atom. The second-order valence-electron chi connectivity index (χ2n) is 7.94. The highest BCUT2D eigenvalue weighted by Gasteiger charge is 2.27. The van der Waals surface area contributed by atoms with Crippen LogP contribution in [0.25, 0.3) is 10.8 Å². The summed E-state index contributed by atoms with van der Waals surface area (Å²) in [5.74, 6) is -0.459. The van der Waals surface area contributed by atoms with Gasteiger partial charge in [0.2, 0.25) is 5.91 Å². The first-order valence-electron chi connectivity index (χ1n) is 10.4. The average Bonchev–Trinajstić information content (AvgIpc) is 2.79. The van der Waals surface area contributed by atoms with Gasteiger partial charge in [-0.3, -0.25) is 14.4 Å². The molecule has 1 fully saturated rings. The Labute approximate surface area is 179 Å². The first kappa shape index (κ1) is 20.8. The van der Waals surface area contributed by atoms with Crippen LogP contribution in [0.1, 0.15) is 35.2 Å². The maximum absolute atomic E-state index is 13.2. The minimum Gasteiger partial charge on any atom is -0.352 e. The number of piperidine rings is 1. The van der Waals surface area contributed by atoms with E-state index in [-0.39, 0.29) is 29.1 Å². The van der Waals surface area contributed by atoms with E-state index in [9.17, 15) is 18.8 Å². The Morgan fingerprint density at radius 3 is 2.61 bits per heavy atom. The van der Waals surface area contributed by atoms with Crippen molar-refractivity contribution in [2.75, 3.05) is 13.1 Å². The molecule has 0 radical (unpaired) electrons. The molecular formula is C24H24FN3O3. The number of aromatic nitrogens is 1. The molecule has 1 atom stereocenters. The van der Waals surface area contributed by atoms with Crippen molar-refractivity contribution in [1.29, 1.82) is 0 Å². The van der Waals surface area contributed by atoms with Crippen molar-refractivity contribution in [3.63, 3.8) is 0 Å². The fourth-order valence-corrected chi connectivity index (χ4v) is 4.11. The third-order valence-electron chi connectivity index (χ3n) is 5.72. The van der Waals surface area contributed by atoms with Crippen LogP contribution in [-0.4, -0.2) is 34.8 Å². The normalized spacial score (nSPS) is 16.3. The van der Waals surface area contributed by atoms with E-state index in [4.69, 9.17) is 0 Å². The lowest BCUT2D eigenvalue weighted by molar-refractivity contribution is -0.122. The zero-order valence-electron chi connectivity index (χ0n) is 17.1. The fraction of sp³-hybridized carbons (Fsp3) is 0.292. The van der Waals surface area contributed by atoms with Crippen LogP contribution in [0.2, 0.25) is 0 Å². The van der Waals surface area contributed by atoms with Gasteiger partial charge in [-0.25, -0.2) is 4.39 Å².